The first-order chi connectivity index (χ1) is 5.04. The van der Waals surface area contributed by atoms with Gasteiger partial charge in [0.25, 0.3) is 0 Å². The third kappa shape index (κ3) is 1.19. The summed E-state index contributed by atoms with van der Waals surface area (Å²) in [6, 6.07) is -0.430. The van der Waals surface area contributed by atoms with Gasteiger partial charge in [0.15, 0.2) is 0 Å². The number of amides is 3. The Balaban J connectivity index is 2.78. The number of hydrogen-bond acceptors (Lipinski definition) is 3. The highest BCUT2D eigenvalue weighted by molar-refractivity contribution is 5.98. The molecule has 5 nitrogen and oxygen atoms in total. The number of rotatable bonds is 0. The fourth-order valence-electron chi connectivity index (χ4n) is 0.933. The normalized spacial score (nSPS) is 32.1. The van der Waals surface area contributed by atoms with Crippen LogP contribution in [0, 0.1) is 5.92 Å². The second-order valence-corrected chi connectivity index (χ2v) is 2.68. The van der Waals surface area contributed by atoms with Crippen LogP contribution in [-0.4, -0.2) is 30.1 Å². The van der Waals surface area contributed by atoms with Crippen LogP contribution in [0.2, 0.25) is 0 Å². The number of nitrogens with two attached hydrogens (primary N) is 1. The molecule has 62 valence electrons. The van der Waals surface area contributed by atoms with Gasteiger partial charge in [-0.3, -0.25) is 10.1 Å². The van der Waals surface area contributed by atoms with Crippen LogP contribution < -0.4 is 11.1 Å². The quantitative estimate of drug-likeness (QED) is 0.478. The topological polar surface area (TPSA) is 75.4 Å². The number of hydrogen-bond donors (Lipinski definition) is 2. The standard InChI is InChI=1S/C6H11N3O2/c1-3-4(7)9(2)6(11)8-5(3)10/h3-4H,7H2,1-2H3,(H,8,10,11). The first kappa shape index (κ1) is 8.00. The molecule has 5 heteroatoms. The van der Waals surface area contributed by atoms with Crippen molar-refractivity contribution in [2.45, 2.75) is 13.1 Å². The van der Waals surface area contributed by atoms with Crippen molar-refractivity contribution < 1.29 is 9.59 Å². The van der Waals surface area contributed by atoms with Gasteiger partial charge in [0.2, 0.25) is 5.91 Å². The van der Waals surface area contributed by atoms with Crippen molar-refractivity contribution >= 4 is 11.9 Å². The predicted octanol–water partition coefficient (Wildman–Crippen LogP) is -0.911. The minimum Gasteiger partial charge on any atom is -0.311 e. The minimum atomic E-state index is -0.503. The van der Waals surface area contributed by atoms with Crippen LogP contribution in [0.1, 0.15) is 6.92 Å². The smallest absolute Gasteiger partial charge is 0.311 e. The summed E-state index contributed by atoms with van der Waals surface area (Å²) in [5.74, 6) is -0.640. The first-order valence-electron chi connectivity index (χ1n) is 3.37. The van der Waals surface area contributed by atoms with E-state index in [1.807, 2.05) is 0 Å². The number of carbonyl (C=O) groups is 2. The molecule has 0 saturated carbocycles. The average Bonchev–Trinajstić information content (AvgIpc) is 1.97. The van der Waals surface area contributed by atoms with Gasteiger partial charge < -0.3 is 10.6 Å². The molecule has 0 radical (unpaired) electrons. The highest BCUT2D eigenvalue weighted by atomic mass is 16.2. The van der Waals surface area contributed by atoms with Crippen molar-refractivity contribution in [3.05, 3.63) is 0 Å². The zero-order valence-corrected chi connectivity index (χ0v) is 6.50. The monoisotopic (exact) mass is 157 g/mol. The van der Waals surface area contributed by atoms with E-state index in [2.05, 4.69) is 5.32 Å². The number of urea groups is 1. The molecule has 1 aliphatic rings. The van der Waals surface area contributed by atoms with E-state index < -0.39 is 12.2 Å². The Hall–Kier alpha value is -1.10. The Morgan fingerprint density at radius 1 is 1.55 bits per heavy atom. The molecule has 0 aromatic rings. The van der Waals surface area contributed by atoms with Crippen molar-refractivity contribution in [2.24, 2.45) is 11.7 Å². The zero-order chi connectivity index (χ0) is 8.59. The molecule has 1 saturated heterocycles. The van der Waals surface area contributed by atoms with Gasteiger partial charge >= 0.3 is 6.03 Å². The molecular weight excluding hydrogens is 146 g/mol. The van der Waals surface area contributed by atoms with E-state index in [-0.39, 0.29) is 11.8 Å². The summed E-state index contributed by atoms with van der Waals surface area (Å²) in [6.45, 7) is 1.68. The lowest BCUT2D eigenvalue weighted by Crippen LogP contribution is -2.61. The maximum Gasteiger partial charge on any atom is 0.325 e. The van der Waals surface area contributed by atoms with Crippen LogP contribution in [-0.2, 0) is 4.79 Å². The summed E-state index contributed by atoms with van der Waals surface area (Å²) < 4.78 is 0. The lowest BCUT2D eigenvalue weighted by Gasteiger charge is -2.33. The molecule has 3 amide bonds. The molecule has 1 fully saturated rings. The Labute approximate surface area is 64.5 Å². The fourth-order valence-corrected chi connectivity index (χ4v) is 0.933. The maximum atomic E-state index is 10.9. The molecule has 3 N–H and O–H groups in total. The molecule has 0 bridgehead atoms. The van der Waals surface area contributed by atoms with E-state index in [9.17, 15) is 9.59 Å². The van der Waals surface area contributed by atoms with E-state index in [0.29, 0.717) is 0 Å². The second kappa shape index (κ2) is 2.50. The molecule has 2 unspecified atom stereocenters. The fraction of sp³-hybridized carbons (Fsp3) is 0.667. The Kier molecular flexibility index (Phi) is 1.82. The highest BCUT2D eigenvalue weighted by Crippen LogP contribution is 2.09. The lowest BCUT2D eigenvalue weighted by atomic mass is 10.1. The third-order valence-corrected chi connectivity index (χ3v) is 1.92. The summed E-state index contributed by atoms with van der Waals surface area (Å²) in [6.07, 6.45) is -0.503. The van der Waals surface area contributed by atoms with Crippen LogP contribution in [0.4, 0.5) is 4.79 Å². The summed E-state index contributed by atoms with van der Waals surface area (Å²) in [5.41, 5.74) is 5.55. The zero-order valence-electron chi connectivity index (χ0n) is 6.50. The van der Waals surface area contributed by atoms with E-state index in [1.165, 1.54) is 4.90 Å². The molecule has 2 atom stereocenters. The number of nitrogens with zero attached hydrogens (tertiary/aromatic N) is 1. The minimum absolute atomic E-state index is 0.305. The van der Waals surface area contributed by atoms with Gasteiger partial charge in [0.1, 0.15) is 0 Å². The van der Waals surface area contributed by atoms with E-state index >= 15 is 0 Å². The molecule has 0 aromatic carbocycles. The lowest BCUT2D eigenvalue weighted by molar-refractivity contribution is -0.126. The van der Waals surface area contributed by atoms with Crippen molar-refractivity contribution in [1.82, 2.24) is 10.2 Å². The molecule has 0 spiro atoms. The predicted molar refractivity (Wildman–Crippen MR) is 38.4 cm³/mol. The largest absolute Gasteiger partial charge is 0.325 e. The van der Waals surface area contributed by atoms with E-state index in [4.69, 9.17) is 5.73 Å². The van der Waals surface area contributed by atoms with E-state index in [1.54, 1.807) is 14.0 Å². The molecule has 1 rings (SSSR count). The molecule has 0 aromatic heterocycles. The van der Waals surface area contributed by atoms with Crippen LogP contribution in [0.25, 0.3) is 0 Å². The Bertz CT molecular complexity index is 184. The van der Waals surface area contributed by atoms with Gasteiger partial charge in [-0.1, -0.05) is 6.92 Å². The highest BCUT2D eigenvalue weighted by Gasteiger charge is 2.33. The maximum absolute atomic E-state index is 10.9. The molecule has 0 aliphatic carbocycles. The van der Waals surface area contributed by atoms with Gasteiger partial charge in [0.05, 0.1) is 12.1 Å². The SMILES string of the molecule is CC1C(=O)NC(=O)N(C)C1N. The molecule has 11 heavy (non-hydrogen) atoms. The van der Waals surface area contributed by atoms with Crippen LogP contribution in [0.15, 0.2) is 0 Å². The van der Waals surface area contributed by atoms with Crippen LogP contribution in [0.5, 0.6) is 0 Å². The second-order valence-electron chi connectivity index (χ2n) is 2.68. The first-order valence-corrected chi connectivity index (χ1v) is 3.37. The molecule has 1 heterocycles. The van der Waals surface area contributed by atoms with Crippen LogP contribution in [0.3, 0.4) is 0 Å². The Morgan fingerprint density at radius 2 is 2.09 bits per heavy atom. The summed E-state index contributed by atoms with van der Waals surface area (Å²) in [4.78, 5) is 23.1. The van der Waals surface area contributed by atoms with Gasteiger partial charge in [-0.15, -0.1) is 0 Å². The van der Waals surface area contributed by atoms with Gasteiger partial charge in [0, 0.05) is 7.05 Å². The summed E-state index contributed by atoms with van der Waals surface area (Å²) in [7, 11) is 1.56. The average molecular weight is 157 g/mol. The third-order valence-electron chi connectivity index (χ3n) is 1.92. The van der Waals surface area contributed by atoms with Gasteiger partial charge in [-0.25, -0.2) is 4.79 Å². The molecular formula is C6H11N3O2. The number of carbonyl (C=O) groups excluding carboxylic acids is 2. The van der Waals surface area contributed by atoms with Gasteiger partial charge in [-0.2, -0.15) is 0 Å². The number of nitrogens with one attached hydrogen (secondary N) is 1. The van der Waals surface area contributed by atoms with Crippen molar-refractivity contribution in [1.29, 1.82) is 0 Å². The number of imide groups is 1. The molecule has 1 aliphatic heterocycles. The summed E-state index contributed by atoms with van der Waals surface area (Å²) >= 11 is 0. The van der Waals surface area contributed by atoms with Crippen molar-refractivity contribution in [2.75, 3.05) is 7.05 Å². The van der Waals surface area contributed by atoms with Crippen molar-refractivity contribution in [3.63, 3.8) is 0 Å². The van der Waals surface area contributed by atoms with Crippen molar-refractivity contribution in [3.8, 4) is 0 Å². The van der Waals surface area contributed by atoms with Gasteiger partial charge in [-0.05, 0) is 0 Å². The Morgan fingerprint density at radius 3 is 2.64 bits per heavy atom. The van der Waals surface area contributed by atoms with E-state index in [0.717, 1.165) is 0 Å². The summed E-state index contributed by atoms with van der Waals surface area (Å²) in [5, 5.41) is 2.18. The van der Waals surface area contributed by atoms with Crippen LogP contribution >= 0.6 is 0 Å².